The first-order chi connectivity index (χ1) is 10.1. The van der Waals surface area contributed by atoms with Gasteiger partial charge in [-0.15, -0.1) is 0 Å². The van der Waals surface area contributed by atoms with Gasteiger partial charge in [-0.1, -0.05) is 4.68 Å². The summed E-state index contributed by atoms with van der Waals surface area (Å²) in [5, 5.41) is 22.0. The maximum Gasteiger partial charge on any atom is 0.490 e. The van der Waals surface area contributed by atoms with Crippen LogP contribution in [-0.2, 0) is 16.1 Å². The third kappa shape index (κ3) is 7.77. The Morgan fingerprint density at radius 2 is 1.86 bits per heavy atom. The van der Waals surface area contributed by atoms with E-state index in [0.29, 0.717) is 12.1 Å². The molecule has 1 aromatic heterocycles. The minimum absolute atomic E-state index is 0.0109. The first-order valence-electron chi connectivity index (χ1n) is 5.67. The van der Waals surface area contributed by atoms with Crippen molar-refractivity contribution in [2.75, 3.05) is 7.05 Å². The van der Waals surface area contributed by atoms with Crippen molar-refractivity contribution in [2.45, 2.75) is 19.1 Å². The van der Waals surface area contributed by atoms with Crippen LogP contribution in [0.1, 0.15) is 16.8 Å². The molecule has 0 aliphatic heterocycles. The van der Waals surface area contributed by atoms with Crippen molar-refractivity contribution in [1.82, 2.24) is 10.4 Å². The highest BCUT2D eigenvalue weighted by Crippen LogP contribution is 2.13. The van der Waals surface area contributed by atoms with Gasteiger partial charge in [0.1, 0.15) is 12.6 Å². The van der Waals surface area contributed by atoms with E-state index in [1.165, 1.54) is 17.9 Å². The van der Waals surface area contributed by atoms with Crippen molar-refractivity contribution in [1.29, 1.82) is 0 Å². The Morgan fingerprint density at radius 3 is 2.18 bits per heavy atom. The summed E-state index contributed by atoms with van der Waals surface area (Å²) in [6.45, 7) is 0.295. The number of carbonyl (C=O) groups is 3. The SMILES string of the molecule is CNC(=O)c1cc[n+](CCC(=O)O)nc1.O=C(O)C(F)(F)F. The highest BCUT2D eigenvalue weighted by atomic mass is 19.4. The van der Waals surface area contributed by atoms with Crippen molar-refractivity contribution < 1.29 is 42.4 Å². The number of rotatable bonds is 4. The lowest BCUT2D eigenvalue weighted by molar-refractivity contribution is -0.753. The Kier molecular flexibility index (Phi) is 7.49. The van der Waals surface area contributed by atoms with E-state index in [2.05, 4.69) is 10.4 Å². The summed E-state index contributed by atoms with van der Waals surface area (Å²) in [6.07, 6.45) is -2.09. The first kappa shape index (κ1) is 19.3. The van der Waals surface area contributed by atoms with Crippen LogP contribution in [0.5, 0.6) is 0 Å². The van der Waals surface area contributed by atoms with Gasteiger partial charge in [0.05, 0.1) is 5.56 Å². The van der Waals surface area contributed by atoms with Gasteiger partial charge in [0.25, 0.3) is 5.91 Å². The minimum Gasteiger partial charge on any atom is -0.481 e. The molecule has 3 N–H and O–H groups in total. The third-order valence-electron chi connectivity index (χ3n) is 2.06. The van der Waals surface area contributed by atoms with Gasteiger partial charge in [0, 0.05) is 13.1 Å². The fourth-order valence-corrected chi connectivity index (χ4v) is 1.01. The maximum absolute atomic E-state index is 11.1. The van der Waals surface area contributed by atoms with Crippen molar-refractivity contribution in [3.05, 3.63) is 24.0 Å². The summed E-state index contributed by atoms with van der Waals surface area (Å²) >= 11 is 0. The zero-order valence-electron chi connectivity index (χ0n) is 11.3. The number of aryl methyl sites for hydroxylation is 1. The number of aliphatic carboxylic acids is 2. The lowest BCUT2D eigenvalue weighted by Gasteiger charge is -1.96. The highest BCUT2D eigenvalue weighted by Gasteiger charge is 2.38. The molecule has 0 aliphatic rings. The lowest BCUT2D eigenvalue weighted by atomic mass is 10.3. The van der Waals surface area contributed by atoms with E-state index in [0.717, 1.165) is 0 Å². The fourth-order valence-electron chi connectivity index (χ4n) is 1.01. The van der Waals surface area contributed by atoms with Crippen molar-refractivity contribution in [3.63, 3.8) is 0 Å². The molecular formula is C11H13F3N3O5+. The average Bonchev–Trinajstić information content (AvgIpc) is 2.44. The van der Waals surface area contributed by atoms with E-state index in [9.17, 15) is 22.8 Å². The van der Waals surface area contributed by atoms with Gasteiger partial charge in [0.15, 0.2) is 12.7 Å². The van der Waals surface area contributed by atoms with Crippen molar-refractivity contribution in [3.8, 4) is 0 Å². The van der Waals surface area contributed by atoms with E-state index in [1.54, 1.807) is 12.3 Å². The number of carboxylic acid groups (broad SMARTS) is 2. The molecule has 0 radical (unpaired) electrons. The number of amides is 1. The highest BCUT2D eigenvalue weighted by molar-refractivity contribution is 5.93. The zero-order valence-corrected chi connectivity index (χ0v) is 11.3. The summed E-state index contributed by atoms with van der Waals surface area (Å²) in [6, 6.07) is 1.59. The van der Waals surface area contributed by atoms with E-state index in [4.69, 9.17) is 15.0 Å². The Balaban J connectivity index is 0.000000534. The maximum atomic E-state index is 11.1. The Labute approximate surface area is 122 Å². The number of halogens is 3. The number of carbonyl (C=O) groups excluding carboxylic acids is 1. The molecule has 1 amide bonds. The normalized spacial score (nSPS) is 10.2. The first-order valence-corrected chi connectivity index (χ1v) is 5.67. The molecule has 0 aromatic carbocycles. The van der Waals surface area contributed by atoms with Crippen LogP contribution in [0.25, 0.3) is 0 Å². The lowest BCUT2D eigenvalue weighted by Crippen LogP contribution is -2.39. The molecule has 0 atom stereocenters. The number of carboxylic acids is 2. The molecule has 0 bridgehead atoms. The van der Waals surface area contributed by atoms with Crippen LogP contribution in [-0.4, -0.2) is 46.4 Å². The van der Waals surface area contributed by atoms with Crippen LogP contribution < -0.4 is 10.00 Å². The molecule has 122 valence electrons. The summed E-state index contributed by atoms with van der Waals surface area (Å²) < 4.78 is 33.2. The van der Waals surface area contributed by atoms with Crippen molar-refractivity contribution in [2.24, 2.45) is 0 Å². The molecule has 1 rings (SSSR count). The predicted molar refractivity (Wildman–Crippen MR) is 63.8 cm³/mol. The second kappa shape index (κ2) is 8.54. The van der Waals surface area contributed by atoms with Gasteiger partial charge < -0.3 is 15.5 Å². The number of hydrogen-bond donors (Lipinski definition) is 3. The summed E-state index contributed by atoms with van der Waals surface area (Å²) in [5.41, 5.74) is 0.448. The summed E-state index contributed by atoms with van der Waals surface area (Å²) in [7, 11) is 1.54. The molecule has 0 spiro atoms. The van der Waals surface area contributed by atoms with Gasteiger partial charge in [0.2, 0.25) is 0 Å². The molecular weight excluding hydrogens is 311 g/mol. The standard InChI is InChI=1S/C9H11N3O3.C2HF3O2/c1-10-9(15)7-2-4-12(11-6-7)5-3-8(13)14;3-2(4,5)1(6)7/h2,4,6H,3,5H2,1H3,(H-,10,13,14,15);(H,6,7)/p+1. The van der Waals surface area contributed by atoms with E-state index < -0.39 is 18.1 Å². The predicted octanol–water partition coefficient (Wildman–Crippen LogP) is -0.163. The number of nitrogens with one attached hydrogen (secondary N) is 1. The van der Waals surface area contributed by atoms with E-state index >= 15 is 0 Å². The molecule has 0 aliphatic carbocycles. The molecule has 1 heterocycles. The fraction of sp³-hybridized carbons (Fsp3) is 0.364. The second-order valence-electron chi connectivity index (χ2n) is 3.70. The van der Waals surface area contributed by atoms with Gasteiger partial charge in [-0.05, 0) is 5.10 Å². The molecule has 0 saturated carbocycles. The smallest absolute Gasteiger partial charge is 0.481 e. The molecule has 11 heteroatoms. The van der Waals surface area contributed by atoms with E-state index in [1.807, 2.05) is 0 Å². The molecule has 8 nitrogen and oxygen atoms in total. The van der Waals surface area contributed by atoms with Crippen LogP contribution >= 0.6 is 0 Å². The Hall–Kier alpha value is -2.72. The minimum atomic E-state index is -5.08. The quantitative estimate of drug-likeness (QED) is 0.662. The van der Waals surface area contributed by atoms with Crippen LogP contribution in [0, 0.1) is 0 Å². The van der Waals surface area contributed by atoms with Crippen molar-refractivity contribution >= 4 is 17.8 Å². The number of hydrogen-bond acceptors (Lipinski definition) is 4. The van der Waals surface area contributed by atoms with Crippen LogP contribution in [0.15, 0.2) is 18.5 Å². The van der Waals surface area contributed by atoms with Gasteiger partial charge >= 0.3 is 18.1 Å². The molecule has 1 aromatic rings. The zero-order chi connectivity index (χ0) is 17.3. The van der Waals surface area contributed by atoms with Gasteiger partial charge in [-0.25, -0.2) is 4.79 Å². The molecule has 0 unspecified atom stereocenters. The topological polar surface area (TPSA) is 120 Å². The molecule has 22 heavy (non-hydrogen) atoms. The molecule has 0 saturated heterocycles. The number of alkyl halides is 3. The Bertz CT molecular complexity index is 531. The van der Waals surface area contributed by atoms with Gasteiger partial charge in [-0.2, -0.15) is 13.2 Å². The monoisotopic (exact) mass is 324 g/mol. The molecule has 0 fully saturated rings. The number of aromatic nitrogens is 2. The number of nitrogens with zero attached hydrogens (tertiary/aromatic N) is 2. The van der Waals surface area contributed by atoms with Crippen LogP contribution in [0.2, 0.25) is 0 Å². The summed E-state index contributed by atoms with van der Waals surface area (Å²) in [4.78, 5) is 30.3. The second-order valence-corrected chi connectivity index (χ2v) is 3.70. The van der Waals surface area contributed by atoms with Crippen LogP contribution in [0.3, 0.4) is 0 Å². The van der Waals surface area contributed by atoms with Crippen LogP contribution in [0.4, 0.5) is 13.2 Å². The van der Waals surface area contributed by atoms with Gasteiger partial charge in [-0.3, -0.25) is 9.59 Å². The summed E-state index contributed by atoms with van der Waals surface area (Å²) in [5.74, 6) is -3.85. The average molecular weight is 324 g/mol. The largest absolute Gasteiger partial charge is 0.490 e. The third-order valence-corrected chi connectivity index (χ3v) is 2.06. The van der Waals surface area contributed by atoms with E-state index in [-0.39, 0.29) is 12.3 Å². The Morgan fingerprint density at radius 1 is 1.32 bits per heavy atom.